The quantitative estimate of drug-likeness (QED) is 0.139. The summed E-state index contributed by atoms with van der Waals surface area (Å²) in [5, 5.41) is 14.9. The Hall–Kier alpha value is -3.37. The van der Waals surface area contributed by atoms with Crippen LogP contribution >= 0.6 is 0 Å². The van der Waals surface area contributed by atoms with Crippen LogP contribution in [0.1, 0.15) is 86.5 Å². The number of nitrogens with one attached hydrogen (secondary N) is 1. The maximum atomic E-state index is 14.2. The molecule has 0 aromatic rings. The maximum absolute atomic E-state index is 14.2. The van der Waals surface area contributed by atoms with Crippen molar-refractivity contribution in [3.8, 4) is 0 Å². The Kier molecular flexibility index (Phi) is 13.3. The first-order chi connectivity index (χ1) is 23.5. The van der Waals surface area contributed by atoms with E-state index in [0.29, 0.717) is 18.9 Å². The number of likely N-dealkylation sites (tertiary alicyclic amines) is 1. The Morgan fingerprint density at radius 1 is 0.902 bits per heavy atom. The highest BCUT2D eigenvalue weighted by Crippen LogP contribution is 2.47. The molecule has 290 valence electrons. The third-order valence-corrected chi connectivity index (χ3v) is 10.9. The summed E-state index contributed by atoms with van der Waals surface area (Å²) in [4.78, 5) is 70.4. The average molecular weight is 742 g/mol. The largest absolute Gasteiger partial charge is 0.467 e. The summed E-state index contributed by atoms with van der Waals surface area (Å²) in [7, 11) is 0.726. The highest BCUT2D eigenvalue weighted by molar-refractivity contribution is 6.76. The lowest BCUT2D eigenvalue weighted by Gasteiger charge is -2.47. The number of carbonyl (C=O) groups excluding carboxylic acids is 5. The molecule has 0 unspecified atom stereocenters. The van der Waals surface area contributed by atoms with Crippen LogP contribution in [-0.2, 0) is 38.0 Å². The van der Waals surface area contributed by atoms with Crippen LogP contribution in [0.3, 0.4) is 0 Å². The number of esters is 2. The van der Waals surface area contributed by atoms with Crippen LogP contribution in [0, 0.1) is 0 Å². The summed E-state index contributed by atoms with van der Waals surface area (Å²) >= 11 is 0. The highest BCUT2D eigenvalue weighted by Gasteiger charge is 2.65. The van der Waals surface area contributed by atoms with Gasteiger partial charge >= 0.3 is 30.2 Å². The number of methoxy groups -OCH3 is 2. The molecule has 3 rings (SSSR count). The average Bonchev–Trinajstić information content (AvgIpc) is 3.57. The van der Waals surface area contributed by atoms with Gasteiger partial charge in [-0.2, -0.15) is 0 Å². The lowest BCUT2D eigenvalue weighted by atomic mass is 9.83. The van der Waals surface area contributed by atoms with Crippen LogP contribution in [0.5, 0.6) is 0 Å². The van der Waals surface area contributed by atoms with Crippen molar-refractivity contribution in [1.82, 2.24) is 15.1 Å². The smallest absolute Gasteiger partial charge is 0.413 e. The lowest BCUT2D eigenvalue weighted by molar-refractivity contribution is -0.166. The third-order valence-electron chi connectivity index (χ3n) is 9.17. The molecule has 3 aliphatic rings. The van der Waals surface area contributed by atoms with Gasteiger partial charge in [0.2, 0.25) is 0 Å². The molecule has 3 fully saturated rings. The Morgan fingerprint density at radius 3 is 1.98 bits per heavy atom. The van der Waals surface area contributed by atoms with E-state index in [0.717, 1.165) is 38.4 Å². The molecule has 1 spiro atoms. The van der Waals surface area contributed by atoms with E-state index in [1.807, 2.05) is 0 Å². The zero-order valence-electron chi connectivity index (χ0n) is 32.2. The molecule has 1 saturated carbocycles. The van der Waals surface area contributed by atoms with E-state index < -0.39 is 78.9 Å². The van der Waals surface area contributed by atoms with Gasteiger partial charge in [0.1, 0.15) is 28.7 Å². The van der Waals surface area contributed by atoms with E-state index in [-0.39, 0.29) is 31.8 Å². The number of ether oxygens (including phenoxy) is 6. The van der Waals surface area contributed by atoms with Gasteiger partial charge in [-0.3, -0.25) is 15.1 Å². The molecule has 2 aliphatic heterocycles. The van der Waals surface area contributed by atoms with E-state index in [2.05, 4.69) is 25.0 Å². The number of alkyl carbamates (subject to hydrolysis) is 1. The third kappa shape index (κ3) is 10.2. The first-order valence-corrected chi connectivity index (χ1v) is 21.4. The molecule has 16 heteroatoms. The Balaban J connectivity index is 2.14. The number of carbonyl (C=O) groups is 5. The van der Waals surface area contributed by atoms with Crippen LogP contribution in [-0.4, -0.2) is 121 Å². The fourth-order valence-electron chi connectivity index (χ4n) is 6.87. The summed E-state index contributed by atoms with van der Waals surface area (Å²) in [6.45, 7) is 16.5. The van der Waals surface area contributed by atoms with E-state index in [9.17, 15) is 29.1 Å². The predicted molar refractivity (Wildman–Crippen MR) is 188 cm³/mol. The number of hydrogen-bond donors (Lipinski definition) is 2. The van der Waals surface area contributed by atoms with Gasteiger partial charge in [0.05, 0.1) is 39.5 Å². The minimum Gasteiger partial charge on any atom is -0.467 e. The Labute approximate surface area is 302 Å². The molecule has 15 nitrogen and oxygen atoms in total. The second-order valence-electron chi connectivity index (χ2n) is 16.7. The van der Waals surface area contributed by atoms with Gasteiger partial charge in [0.25, 0.3) is 0 Å². The number of aliphatic hydroxyl groups is 1. The predicted octanol–water partition coefficient (Wildman–Crippen LogP) is 5.08. The molecule has 2 N–H and O–H groups in total. The Bertz CT molecular complexity index is 1330. The van der Waals surface area contributed by atoms with Crippen molar-refractivity contribution in [2.75, 3.05) is 27.4 Å². The zero-order valence-corrected chi connectivity index (χ0v) is 33.2. The molecular formula is C35H59N3O12Si. The fourth-order valence-corrected chi connectivity index (χ4v) is 7.58. The van der Waals surface area contributed by atoms with E-state index in [4.69, 9.17) is 28.4 Å². The van der Waals surface area contributed by atoms with Gasteiger partial charge in [-0.05, 0) is 92.2 Å². The lowest BCUT2D eigenvalue weighted by Crippen LogP contribution is -2.69. The van der Waals surface area contributed by atoms with Crippen LogP contribution in [0.2, 0.25) is 25.7 Å². The fraction of sp³-hybridized carbons (Fsp3) is 0.800. The maximum Gasteiger partial charge on any atom is 0.413 e. The summed E-state index contributed by atoms with van der Waals surface area (Å²) in [5.74, 6) is -1.90. The van der Waals surface area contributed by atoms with Crippen molar-refractivity contribution in [1.29, 1.82) is 0 Å². The van der Waals surface area contributed by atoms with Gasteiger partial charge < -0.3 is 33.5 Å². The van der Waals surface area contributed by atoms with Crippen LogP contribution in [0.4, 0.5) is 14.4 Å². The molecule has 1 aliphatic carbocycles. The SMILES string of the molecule is COC(=O)/C(=C/[C@H]1CC[C@](C(=O)OC)([C@@H](O)[C@@H]2COC3(CCCCC3)N2C(=O)OC(C)(C)C)N1C(=O)OC(C)(C)C)NC(=O)OCC[Si](C)(C)C. The molecule has 3 amide bonds. The second-order valence-corrected chi connectivity index (χ2v) is 22.3. The van der Waals surface area contributed by atoms with Gasteiger partial charge in [0.15, 0.2) is 5.54 Å². The van der Waals surface area contributed by atoms with Crippen molar-refractivity contribution >= 4 is 38.3 Å². The van der Waals surface area contributed by atoms with Crippen molar-refractivity contribution in [3.63, 3.8) is 0 Å². The highest BCUT2D eigenvalue weighted by atomic mass is 28.3. The van der Waals surface area contributed by atoms with E-state index >= 15 is 0 Å². The molecular weight excluding hydrogens is 682 g/mol. The van der Waals surface area contributed by atoms with E-state index in [1.54, 1.807) is 41.5 Å². The normalized spacial score (nSPS) is 24.5. The van der Waals surface area contributed by atoms with Crippen molar-refractivity contribution in [2.24, 2.45) is 0 Å². The standard InChI is InChI=1S/C35H59N3O12Si/c1-32(2,3)49-30(43)37-23(21-24(27(40)45-7)36-29(42)47-19-20-51(9,10)11)15-18-35(37,28(41)46-8)26(39)25-22-48-34(16-13-12-14-17-34)38(25)31(44)50-33(4,5)6/h21,23,25-26,39H,12-20,22H2,1-11H3,(H,36,42)/b24-21-/t23-,25+,26+,35-/m1/s1. The van der Waals surface area contributed by atoms with Crippen LogP contribution in [0.25, 0.3) is 0 Å². The first kappa shape index (κ1) is 42.0. The Morgan fingerprint density at radius 2 is 1.47 bits per heavy atom. The number of nitrogens with zero attached hydrogens (tertiary/aromatic N) is 2. The molecule has 0 aromatic carbocycles. The molecule has 0 bridgehead atoms. The molecule has 4 atom stereocenters. The monoisotopic (exact) mass is 741 g/mol. The van der Waals surface area contributed by atoms with Gasteiger partial charge in [0, 0.05) is 8.07 Å². The summed E-state index contributed by atoms with van der Waals surface area (Å²) in [6.07, 6.45) is 0.180. The number of hydrogen-bond acceptors (Lipinski definition) is 12. The second kappa shape index (κ2) is 16.1. The minimum absolute atomic E-state index is 0.0173. The van der Waals surface area contributed by atoms with Crippen molar-refractivity contribution < 1.29 is 57.5 Å². The van der Waals surface area contributed by atoms with Crippen molar-refractivity contribution in [3.05, 3.63) is 11.8 Å². The molecule has 0 radical (unpaired) electrons. The van der Waals surface area contributed by atoms with Crippen LogP contribution < -0.4 is 5.32 Å². The van der Waals surface area contributed by atoms with Gasteiger partial charge in [-0.1, -0.05) is 26.1 Å². The van der Waals surface area contributed by atoms with E-state index in [1.165, 1.54) is 11.0 Å². The number of rotatable bonds is 9. The summed E-state index contributed by atoms with van der Waals surface area (Å²) < 4.78 is 33.5. The molecule has 2 saturated heterocycles. The minimum atomic E-state index is -2.13. The first-order valence-electron chi connectivity index (χ1n) is 17.7. The molecule has 2 heterocycles. The topological polar surface area (TPSA) is 179 Å². The number of aliphatic hydroxyl groups excluding tert-OH is 1. The number of amides is 3. The molecule has 51 heavy (non-hydrogen) atoms. The summed E-state index contributed by atoms with van der Waals surface area (Å²) in [5.41, 5.74) is -5.49. The summed E-state index contributed by atoms with van der Waals surface area (Å²) in [6, 6.07) is -1.56. The van der Waals surface area contributed by atoms with Gasteiger partial charge in [-0.15, -0.1) is 0 Å². The molecule has 0 aromatic heterocycles. The van der Waals surface area contributed by atoms with Crippen molar-refractivity contribution in [2.45, 2.75) is 153 Å². The van der Waals surface area contributed by atoms with Crippen LogP contribution in [0.15, 0.2) is 11.8 Å². The van der Waals surface area contributed by atoms with Gasteiger partial charge in [-0.25, -0.2) is 24.0 Å². The zero-order chi connectivity index (χ0) is 38.6.